The Morgan fingerprint density at radius 1 is 1.64 bits per heavy atom. The lowest BCUT2D eigenvalue weighted by Gasteiger charge is -2.16. The molecule has 1 atom stereocenters. The molecule has 62 valence electrons. The second-order valence-corrected chi connectivity index (χ2v) is 3.10. The quantitative estimate of drug-likeness (QED) is 0.621. The molecule has 0 rings (SSSR count). The van der Waals surface area contributed by atoms with Gasteiger partial charge in [0, 0.05) is 0 Å². The monoisotopic (exact) mass is 153 g/mol. The molecule has 0 aliphatic heterocycles. The van der Waals surface area contributed by atoms with Gasteiger partial charge in [-0.15, -0.1) is 0 Å². The number of nitriles is 1. The third-order valence-electron chi connectivity index (χ3n) is 2.05. The number of carbonyl (C=O) groups excluding carboxylic acids is 1. The zero-order valence-electron chi connectivity index (χ0n) is 7.48. The van der Waals surface area contributed by atoms with Gasteiger partial charge in [0.2, 0.25) is 0 Å². The Balaban J connectivity index is 4.14. The van der Waals surface area contributed by atoms with E-state index in [1.54, 1.807) is 6.92 Å². The van der Waals surface area contributed by atoms with Crippen molar-refractivity contribution in [2.75, 3.05) is 0 Å². The van der Waals surface area contributed by atoms with Crippen LogP contribution in [0.4, 0.5) is 0 Å². The number of nitrogens with zero attached hydrogens (tertiary/aromatic N) is 1. The van der Waals surface area contributed by atoms with Crippen molar-refractivity contribution >= 4 is 5.78 Å². The zero-order valence-corrected chi connectivity index (χ0v) is 7.48. The van der Waals surface area contributed by atoms with Gasteiger partial charge in [0.15, 0.2) is 0 Å². The van der Waals surface area contributed by atoms with Crippen LogP contribution in [-0.4, -0.2) is 5.78 Å². The molecule has 2 heteroatoms. The molecule has 0 heterocycles. The number of carbonyl (C=O) groups is 1. The smallest absolute Gasteiger partial charge is 0.149 e. The van der Waals surface area contributed by atoms with E-state index >= 15 is 0 Å². The maximum Gasteiger partial charge on any atom is 0.149 e. The third-order valence-corrected chi connectivity index (χ3v) is 2.05. The highest BCUT2D eigenvalue weighted by atomic mass is 16.1. The maximum atomic E-state index is 11.0. The molecule has 0 N–H and O–H groups in total. The van der Waals surface area contributed by atoms with Crippen molar-refractivity contribution in [1.82, 2.24) is 0 Å². The lowest BCUT2D eigenvalue weighted by atomic mass is 9.83. The lowest BCUT2D eigenvalue weighted by molar-refractivity contribution is -0.123. The number of unbranched alkanes of at least 4 members (excludes halogenated alkanes) is 1. The number of rotatable bonds is 4. The van der Waals surface area contributed by atoms with Crippen molar-refractivity contribution in [3.63, 3.8) is 0 Å². The molecule has 0 amide bonds. The Hall–Kier alpha value is -0.840. The van der Waals surface area contributed by atoms with Gasteiger partial charge in [0.05, 0.1) is 6.07 Å². The molecule has 0 saturated carbocycles. The van der Waals surface area contributed by atoms with E-state index in [0.717, 1.165) is 12.8 Å². The lowest BCUT2D eigenvalue weighted by Crippen LogP contribution is -2.23. The Morgan fingerprint density at radius 3 is 2.45 bits per heavy atom. The number of hydrogen-bond donors (Lipinski definition) is 0. The second kappa shape index (κ2) is 4.12. The van der Waals surface area contributed by atoms with Crippen LogP contribution in [0, 0.1) is 16.7 Å². The second-order valence-electron chi connectivity index (χ2n) is 3.10. The summed E-state index contributed by atoms with van der Waals surface area (Å²) in [6.07, 6.45) is 2.67. The van der Waals surface area contributed by atoms with Gasteiger partial charge in [-0.2, -0.15) is 5.26 Å². The summed E-state index contributed by atoms with van der Waals surface area (Å²) in [5.74, 6) is -0.0200. The summed E-state index contributed by atoms with van der Waals surface area (Å²) in [4.78, 5) is 11.0. The van der Waals surface area contributed by atoms with Gasteiger partial charge in [-0.1, -0.05) is 19.8 Å². The predicted molar refractivity (Wildman–Crippen MR) is 43.9 cm³/mol. The SMILES string of the molecule is CCCCC(C)(C#N)C(C)=O. The molecule has 0 saturated heterocycles. The number of hydrogen-bond acceptors (Lipinski definition) is 2. The van der Waals surface area contributed by atoms with Crippen LogP contribution in [0.15, 0.2) is 0 Å². The molecule has 0 fully saturated rings. The molecule has 0 spiro atoms. The first-order valence-corrected chi connectivity index (χ1v) is 3.99. The van der Waals surface area contributed by atoms with Crippen molar-refractivity contribution in [2.45, 2.75) is 40.0 Å². The summed E-state index contributed by atoms with van der Waals surface area (Å²) in [5, 5.41) is 8.71. The molecule has 0 aromatic rings. The first-order valence-electron chi connectivity index (χ1n) is 3.99. The Bertz CT molecular complexity index is 180. The third kappa shape index (κ3) is 2.71. The average Bonchev–Trinajstić information content (AvgIpc) is 2.00. The van der Waals surface area contributed by atoms with Gasteiger partial charge in [0.1, 0.15) is 11.2 Å². The van der Waals surface area contributed by atoms with E-state index in [4.69, 9.17) is 5.26 Å². The van der Waals surface area contributed by atoms with Gasteiger partial charge in [-0.3, -0.25) is 4.79 Å². The van der Waals surface area contributed by atoms with E-state index in [1.807, 2.05) is 0 Å². The first-order chi connectivity index (χ1) is 5.06. The van der Waals surface area contributed by atoms with Crippen molar-refractivity contribution in [2.24, 2.45) is 5.41 Å². The van der Waals surface area contributed by atoms with E-state index in [0.29, 0.717) is 6.42 Å². The summed E-state index contributed by atoms with van der Waals surface area (Å²) in [6, 6.07) is 2.06. The highest BCUT2D eigenvalue weighted by Gasteiger charge is 2.28. The average molecular weight is 153 g/mol. The fourth-order valence-corrected chi connectivity index (χ4v) is 0.841. The minimum absolute atomic E-state index is 0.0200. The molecule has 0 bridgehead atoms. The molecular formula is C9H15NO. The van der Waals surface area contributed by atoms with Crippen LogP contribution >= 0.6 is 0 Å². The maximum absolute atomic E-state index is 11.0. The van der Waals surface area contributed by atoms with Gasteiger partial charge in [0.25, 0.3) is 0 Å². The number of ketones is 1. The van der Waals surface area contributed by atoms with E-state index in [1.165, 1.54) is 6.92 Å². The van der Waals surface area contributed by atoms with Crippen LogP contribution in [0.2, 0.25) is 0 Å². The Kier molecular flexibility index (Phi) is 3.81. The van der Waals surface area contributed by atoms with E-state index in [-0.39, 0.29) is 5.78 Å². The van der Waals surface area contributed by atoms with E-state index in [9.17, 15) is 4.79 Å². The summed E-state index contributed by atoms with van der Waals surface area (Å²) >= 11 is 0. The molecule has 0 aromatic carbocycles. The van der Waals surface area contributed by atoms with Crippen LogP contribution in [0.1, 0.15) is 40.0 Å². The van der Waals surface area contributed by atoms with Crippen molar-refractivity contribution in [3.8, 4) is 6.07 Å². The fraction of sp³-hybridized carbons (Fsp3) is 0.778. The normalized spacial score (nSPS) is 15.1. The predicted octanol–water partition coefficient (Wildman–Crippen LogP) is 2.30. The molecule has 0 aromatic heterocycles. The highest BCUT2D eigenvalue weighted by molar-refractivity contribution is 5.84. The summed E-state index contributed by atoms with van der Waals surface area (Å²) in [5.41, 5.74) is -0.740. The largest absolute Gasteiger partial charge is 0.298 e. The van der Waals surface area contributed by atoms with Crippen LogP contribution in [-0.2, 0) is 4.79 Å². The number of Topliss-reactive ketones (excluding diaryl/α,β-unsaturated/α-hetero) is 1. The van der Waals surface area contributed by atoms with Crippen molar-refractivity contribution in [1.29, 1.82) is 5.26 Å². The Labute approximate surface area is 68.2 Å². The molecule has 2 nitrogen and oxygen atoms in total. The molecule has 11 heavy (non-hydrogen) atoms. The fourth-order valence-electron chi connectivity index (χ4n) is 0.841. The van der Waals surface area contributed by atoms with Crippen molar-refractivity contribution in [3.05, 3.63) is 0 Å². The minimum Gasteiger partial charge on any atom is -0.298 e. The highest BCUT2D eigenvalue weighted by Crippen LogP contribution is 2.23. The molecule has 1 unspecified atom stereocenters. The summed E-state index contributed by atoms with van der Waals surface area (Å²) in [6.45, 7) is 5.25. The van der Waals surface area contributed by atoms with E-state index < -0.39 is 5.41 Å². The minimum atomic E-state index is -0.740. The first kappa shape index (κ1) is 10.2. The zero-order chi connectivity index (χ0) is 8.91. The topological polar surface area (TPSA) is 40.9 Å². The summed E-state index contributed by atoms with van der Waals surface area (Å²) in [7, 11) is 0. The van der Waals surface area contributed by atoms with Gasteiger partial charge in [-0.05, 0) is 20.3 Å². The summed E-state index contributed by atoms with van der Waals surface area (Å²) < 4.78 is 0. The van der Waals surface area contributed by atoms with Crippen LogP contribution in [0.3, 0.4) is 0 Å². The standard InChI is InChI=1S/C9H15NO/c1-4-5-6-9(3,7-10)8(2)11/h4-6H2,1-3H3. The van der Waals surface area contributed by atoms with Crippen LogP contribution in [0.5, 0.6) is 0 Å². The van der Waals surface area contributed by atoms with Crippen molar-refractivity contribution < 1.29 is 4.79 Å². The van der Waals surface area contributed by atoms with Crippen LogP contribution < -0.4 is 0 Å². The van der Waals surface area contributed by atoms with Gasteiger partial charge in [-0.25, -0.2) is 0 Å². The van der Waals surface area contributed by atoms with Gasteiger partial charge < -0.3 is 0 Å². The molecule has 0 aliphatic carbocycles. The molecular weight excluding hydrogens is 138 g/mol. The van der Waals surface area contributed by atoms with E-state index in [2.05, 4.69) is 13.0 Å². The van der Waals surface area contributed by atoms with Crippen LogP contribution in [0.25, 0.3) is 0 Å². The molecule has 0 aliphatic rings. The Morgan fingerprint density at radius 2 is 2.18 bits per heavy atom. The van der Waals surface area contributed by atoms with Gasteiger partial charge >= 0.3 is 0 Å². The molecule has 0 radical (unpaired) electrons.